The maximum Gasteiger partial charge on any atom is 0.241 e. The molecule has 8 nitrogen and oxygen atoms in total. The largest absolute Gasteiger partial charge is 0.355 e. The van der Waals surface area contributed by atoms with Crippen molar-refractivity contribution < 1.29 is 13.2 Å². The molecule has 0 radical (unpaired) electrons. The van der Waals surface area contributed by atoms with Crippen LogP contribution in [0.25, 0.3) is 5.65 Å². The highest BCUT2D eigenvalue weighted by Gasteiger charge is 2.14. The van der Waals surface area contributed by atoms with Gasteiger partial charge in [0, 0.05) is 19.2 Å². The van der Waals surface area contributed by atoms with Crippen molar-refractivity contribution in [3.05, 3.63) is 60.6 Å². The number of hydrogen-bond acceptors (Lipinski definition) is 5. The molecule has 1 amide bonds. The van der Waals surface area contributed by atoms with Crippen molar-refractivity contribution in [3.8, 4) is 0 Å². The van der Waals surface area contributed by atoms with E-state index in [4.69, 9.17) is 0 Å². The fourth-order valence-electron chi connectivity index (χ4n) is 2.28. The van der Waals surface area contributed by atoms with E-state index < -0.39 is 15.9 Å². The molecule has 0 bridgehead atoms. The van der Waals surface area contributed by atoms with Crippen LogP contribution in [0, 0.1) is 0 Å². The average molecular weight is 359 g/mol. The van der Waals surface area contributed by atoms with Gasteiger partial charge in [-0.25, -0.2) is 13.1 Å². The van der Waals surface area contributed by atoms with Gasteiger partial charge in [0.05, 0.1) is 11.4 Å². The van der Waals surface area contributed by atoms with Crippen LogP contribution in [-0.4, -0.2) is 42.0 Å². The Labute approximate surface area is 144 Å². The number of nitrogens with zero attached hydrogens (tertiary/aromatic N) is 3. The summed E-state index contributed by atoms with van der Waals surface area (Å²) in [5.41, 5.74) is 0.736. The Bertz CT molecular complexity index is 970. The topological polar surface area (TPSA) is 105 Å². The van der Waals surface area contributed by atoms with E-state index in [1.54, 1.807) is 18.2 Å². The van der Waals surface area contributed by atoms with Crippen molar-refractivity contribution in [1.29, 1.82) is 0 Å². The number of benzene rings is 1. The van der Waals surface area contributed by atoms with Gasteiger partial charge in [-0.1, -0.05) is 24.3 Å². The smallest absolute Gasteiger partial charge is 0.241 e. The van der Waals surface area contributed by atoms with Gasteiger partial charge in [0.15, 0.2) is 5.65 Å². The first-order valence-electron chi connectivity index (χ1n) is 7.66. The Morgan fingerprint density at radius 3 is 2.60 bits per heavy atom. The molecule has 0 saturated heterocycles. The Balaban J connectivity index is 1.49. The van der Waals surface area contributed by atoms with Crippen molar-refractivity contribution in [3.63, 3.8) is 0 Å². The van der Waals surface area contributed by atoms with Gasteiger partial charge in [0.1, 0.15) is 5.82 Å². The van der Waals surface area contributed by atoms with Crippen molar-refractivity contribution >= 4 is 21.6 Å². The Hall–Kier alpha value is -2.78. The van der Waals surface area contributed by atoms with E-state index in [0.717, 1.165) is 11.5 Å². The maximum absolute atomic E-state index is 12.0. The van der Waals surface area contributed by atoms with E-state index in [2.05, 4.69) is 20.2 Å². The molecule has 0 aliphatic carbocycles. The third kappa shape index (κ3) is 4.20. The Kier molecular flexibility index (Phi) is 5.05. The van der Waals surface area contributed by atoms with Crippen molar-refractivity contribution in [2.75, 3.05) is 13.1 Å². The molecule has 0 aliphatic rings. The number of sulfonamides is 1. The summed E-state index contributed by atoms with van der Waals surface area (Å²) in [6, 6.07) is 13.5. The van der Waals surface area contributed by atoms with E-state index in [9.17, 15) is 13.2 Å². The number of nitrogens with one attached hydrogen (secondary N) is 2. The molecule has 2 heterocycles. The number of amides is 1. The summed E-state index contributed by atoms with van der Waals surface area (Å²) in [5, 5.41) is 10.8. The predicted molar refractivity (Wildman–Crippen MR) is 91.3 cm³/mol. The molecule has 0 saturated carbocycles. The number of aromatic nitrogens is 3. The highest BCUT2D eigenvalue weighted by Crippen LogP contribution is 2.06. The standard InChI is InChI=1S/C16H17N5O3S/c22-16(12-18-25(23,24)13-6-2-1-3-7-13)17-10-9-15-20-19-14-8-4-5-11-21(14)15/h1-8,11,18H,9-10,12H2,(H,17,22). The zero-order chi connectivity index (χ0) is 17.7. The van der Waals surface area contributed by atoms with Crippen LogP contribution in [0.15, 0.2) is 59.6 Å². The number of rotatable bonds is 7. The summed E-state index contributed by atoms with van der Waals surface area (Å²) in [6.45, 7) is 0.0133. The third-order valence-corrected chi connectivity index (χ3v) is 4.95. The zero-order valence-corrected chi connectivity index (χ0v) is 14.1. The first-order valence-corrected chi connectivity index (χ1v) is 9.15. The van der Waals surface area contributed by atoms with Crippen LogP contribution >= 0.6 is 0 Å². The lowest BCUT2D eigenvalue weighted by Crippen LogP contribution is -2.37. The molecule has 2 N–H and O–H groups in total. The monoisotopic (exact) mass is 359 g/mol. The van der Waals surface area contributed by atoms with Gasteiger partial charge in [0.25, 0.3) is 0 Å². The summed E-state index contributed by atoms with van der Waals surface area (Å²) in [5.74, 6) is 0.314. The zero-order valence-electron chi connectivity index (χ0n) is 13.3. The molecule has 0 fully saturated rings. The second-order valence-electron chi connectivity index (χ2n) is 5.28. The maximum atomic E-state index is 12.0. The number of carbonyl (C=O) groups excluding carboxylic acids is 1. The van der Waals surface area contributed by atoms with E-state index >= 15 is 0 Å². The fourth-order valence-corrected chi connectivity index (χ4v) is 3.28. The molecule has 3 rings (SSSR count). The van der Waals surface area contributed by atoms with E-state index in [-0.39, 0.29) is 11.4 Å². The molecular weight excluding hydrogens is 342 g/mol. The lowest BCUT2D eigenvalue weighted by atomic mass is 10.4. The van der Waals surface area contributed by atoms with Gasteiger partial charge in [-0.2, -0.15) is 0 Å². The minimum absolute atomic E-state index is 0.123. The molecule has 9 heteroatoms. The molecule has 130 valence electrons. The van der Waals surface area contributed by atoms with Gasteiger partial charge in [0.2, 0.25) is 15.9 Å². The van der Waals surface area contributed by atoms with Crippen LogP contribution < -0.4 is 10.0 Å². The predicted octanol–water partition coefficient (Wildman–Crippen LogP) is 0.366. The molecular formula is C16H17N5O3S. The van der Waals surface area contributed by atoms with Gasteiger partial charge in [-0.3, -0.25) is 9.20 Å². The quantitative estimate of drug-likeness (QED) is 0.634. The molecule has 0 unspecified atom stereocenters. The first kappa shape index (κ1) is 17.1. The summed E-state index contributed by atoms with van der Waals surface area (Å²) in [7, 11) is -3.69. The van der Waals surface area contributed by atoms with Gasteiger partial charge < -0.3 is 5.32 Å². The Morgan fingerprint density at radius 1 is 1.04 bits per heavy atom. The number of pyridine rings is 1. The highest BCUT2D eigenvalue weighted by molar-refractivity contribution is 7.89. The van der Waals surface area contributed by atoms with E-state index in [1.165, 1.54) is 12.1 Å². The van der Waals surface area contributed by atoms with Gasteiger partial charge in [-0.15, -0.1) is 10.2 Å². The van der Waals surface area contributed by atoms with Crippen molar-refractivity contribution in [2.24, 2.45) is 0 Å². The number of carbonyl (C=O) groups is 1. The fraction of sp³-hybridized carbons (Fsp3) is 0.188. The molecule has 0 atom stereocenters. The second kappa shape index (κ2) is 7.41. The molecule has 0 aliphatic heterocycles. The summed E-state index contributed by atoms with van der Waals surface area (Å²) in [6.07, 6.45) is 2.34. The summed E-state index contributed by atoms with van der Waals surface area (Å²) >= 11 is 0. The van der Waals surface area contributed by atoms with Gasteiger partial charge >= 0.3 is 0 Å². The lowest BCUT2D eigenvalue weighted by molar-refractivity contribution is -0.119. The average Bonchev–Trinajstić information content (AvgIpc) is 3.04. The molecule has 3 aromatic rings. The van der Waals surface area contributed by atoms with Crippen LogP contribution in [-0.2, 0) is 21.2 Å². The Morgan fingerprint density at radius 2 is 1.80 bits per heavy atom. The van der Waals surface area contributed by atoms with E-state index in [1.807, 2.05) is 28.8 Å². The molecule has 2 aromatic heterocycles. The van der Waals surface area contributed by atoms with Crippen LogP contribution in [0.5, 0.6) is 0 Å². The van der Waals surface area contributed by atoms with Gasteiger partial charge in [-0.05, 0) is 24.3 Å². The third-order valence-electron chi connectivity index (χ3n) is 3.53. The molecule has 25 heavy (non-hydrogen) atoms. The van der Waals surface area contributed by atoms with Crippen LogP contribution in [0.2, 0.25) is 0 Å². The normalized spacial score (nSPS) is 11.5. The summed E-state index contributed by atoms with van der Waals surface area (Å²) < 4.78 is 28.2. The molecule has 0 spiro atoms. The lowest BCUT2D eigenvalue weighted by Gasteiger charge is -2.07. The SMILES string of the molecule is O=C(CNS(=O)(=O)c1ccccc1)NCCc1nnc2ccccn12. The van der Waals surface area contributed by atoms with E-state index in [0.29, 0.717) is 13.0 Å². The highest BCUT2D eigenvalue weighted by atomic mass is 32.2. The van der Waals surface area contributed by atoms with Crippen molar-refractivity contribution in [1.82, 2.24) is 24.6 Å². The first-order chi connectivity index (χ1) is 12.1. The molecule has 1 aromatic carbocycles. The second-order valence-corrected chi connectivity index (χ2v) is 7.05. The van der Waals surface area contributed by atoms with Crippen LogP contribution in [0.1, 0.15) is 5.82 Å². The minimum atomic E-state index is -3.69. The summed E-state index contributed by atoms with van der Waals surface area (Å²) in [4.78, 5) is 12.0. The number of fused-ring (bicyclic) bond motifs is 1. The minimum Gasteiger partial charge on any atom is -0.355 e. The van der Waals surface area contributed by atoms with Crippen molar-refractivity contribution in [2.45, 2.75) is 11.3 Å². The number of hydrogen-bond donors (Lipinski definition) is 2. The van der Waals surface area contributed by atoms with Crippen LogP contribution in [0.3, 0.4) is 0 Å². The van der Waals surface area contributed by atoms with Crippen LogP contribution in [0.4, 0.5) is 0 Å².